The molecule has 0 aliphatic carbocycles. The third kappa shape index (κ3) is 2.28. The topological polar surface area (TPSA) is 83.6 Å². The van der Waals surface area contributed by atoms with Gasteiger partial charge in [0.2, 0.25) is 5.91 Å². The zero-order chi connectivity index (χ0) is 11.6. The van der Waals surface area contributed by atoms with E-state index >= 15 is 0 Å². The molecule has 1 rings (SSSR count). The number of carboxylic acids is 1. The summed E-state index contributed by atoms with van der Waals surface area (Å²) in [7, 11) is 0. The largest absolute Gasteiger partial charge is 0.480 e. The molecule has 1 aliphatic heterocycles. The second-order valence-corrected chi connectivity index (χ2v) is 4.43. The van der Waals surface area contributed by atoms with E-state index in [-0.39, 0.29) is 11.8 Å². The van der Waals surface area contributed by atoms with E-state index in [0.29, 0.717) is 13.0 Å². The fourth-order valence-corrected chi connectivity index (χ4v) is 1.97. The van der Waals surface area contributed by atoms with Gasteiger partial charge in [0.15, 0.2) is 0 Å². The molecule has 2 atom stereocenters. The maximum Gasteiger partial charge on any atom is 0.323 e. The molecule has 5 heteroatoms. The Labute approximate surface area is 89.2 Å². The van der Waals surface area contributed by atoms with Crippen molar-refractivity contribution >= 4 is 11.9 Å². The van der Waals surface area contributed by atoms with Crippen LogP contribution in [0.1, 0.15) is 26.7 Å². The first-order valence-electron chi connectivity index (χ1n) is 5.15. The van der Waals surface area contributed by atoms with E-state index in [2.05, 4.69) is 0 Å². The highest BCUT2D eigenvalue weighted by Crippen LogP contribution is 2.29. The first-order chi connectivity index (χ1) is 6.88. The average Bonchev–Trinajstić information content (AvgIpc) is 2.49. The summed E-state index contributed by atoms with van der Waals surface area (Å²) >= 11 is 0. The molecule has 1 aliphatic rings. The smallest absolute Gasteiger partial charge is 0.323 e. The van der Waals surface area contributed by atoms with Gasteiger partial charge < -0.3 is 10.8 Å². The summed E-state index contributed by atoms with van der Waals surface area (Å²) < 4.78 is 0. The number of carboxylic acid groups (broad SMARTS) is 1. The standard InChI is InChI=1S/C10H18N2O3/c1-7(8(11)13)6-12-5-3-4-10(12,2)9(14)15/h7H,3-6H2,1-2H3,(H2,11,13)(H,14,15). The number of amides is 1. The number of hydrogen-bond donors (Lipinski definition) is 2. The molecule has 0 aromatic heterocycles. The molecular weight excluding hydrogens is 196 g/mol. The molecule has 1 amide bonds. The van der Waals surface area contributed by atoms with E-state index in [0.717, 1.165) is 13.0 Å². The number of likely N-dealkylation sites (tertiary alicyclic amines) is 1. The van der Waals surface area contributed by atoms with Crippen LogP contribution in [0.4, 0.5) is 0 Å². The van der Waals surface area contributed by atoms with Crippen LogP contribution in [0.25, 0.3) is 0 Å². The zero-order valence-corrected chi connectivity index (χ0v) is 9.19. The van der Waals surface area contributed by atoms with Crippen molar-refractivity contribution in [2.45, 2.75) is 32.2 Å². The zero-order valence-electron chi connectivity index (χ0n) is 9.19. The van der Waals surface area contributed by atoms with Crippen molar-refractivity contribution in [2.75, 3.05) is 13.1 Å². The molecule has 2 unspecified atom stereocenters. The van der Waals surface area contributed by atoms with Gasteiger partial charge in [-0.2, -0.15) is 0 Å². The Hall–Kier alpha value is -1.10. The number of aliphatic carboxylic acids is 1. The lowest BCUT2D eigenvalue weighted by Gasteiger charge is -2.32. The van der Waals surface area contributed by atoms with Crippen LogP contribution < -0.4 is 5.73 Å². The SMILES string of the molecule is CC(CN1CCCC1(C)C(=O)O)C(N)=O. The Bertz CT molecular complexity index is 280. The Kier molecular flexibility index (Phi) is 3.34. The minimum Gasteiger partial charge on any atom is -0.480 e. The van der Waals surface area contributed by atoms with E-state index < -0.39 is 11.5 Å². The molecule has 0 spiro atoms. The predicted octanol–water partition coefficient (Wildman–Crippen LogP) is 0.0469. The number of carbonyl (C=O) groups is 2. The van der Waals surface area contributed by atoms with Gasteiger partial charge in [0.1, 0.15) is 5.54 Å². The molecule has 5 nitrogen and oxygen atoms in total. The number of carbonyl (C=O) groups excluding carboxylic acids is 1. The first-order valence-corrected chi connectivity index (χ1v) is 5.15. The molecule has 0 saturated carbocycles. The monoisotopic (exact) mass is 214 g/mol. The average molecular weight is 214 g/mol. The first kappa shape index (κ1) is 12.0. The van der Waals surface area contributed by atoms with Crippen molar-refractivity contribution in [3.05, 3.63) is 0 Å². The van der Waals surface area contributed by atoms with E-state index in [1.54, 1.807) is 13.8 Å². The molecule has 0 aromatic rings. The lowest BCUT2D eigenvalue weighted by atomic mass is 9.98. The molecule has 0 radical (unpaired) electrons. The quantitative estimate of drug-likeness (QED) is 0.692. The van der Waals surface area contributed by atoms with Gasteiger partial charge in [-0.3, -0.25) is 14.5 Å². The summed E-state index contributed by atoms with van der Waals surface area (Å²) in [6, 6.07) is 0. The summed E-state index contributed by atoms with van der Waals surface area (Å²) in [6.45, 7) is 4.58. The van der Waals surface area contributed by atoms with Gasteiger partial charge in [-0.1, -0.05) is 6.92 Å². The summed E-state index contributed by atoms with van der Waals surface area (Å²) in [4.78, 5) is 23.9. The van der Waals surface area contributed by atoms with Gasteiger partial charge in [0.25, 0.3) is 0 Å². The number of primary amides is 1. The lowest BCUT2D eigenvalue weighted by Crippen LogP contribution is -2.50. The molecule has 1 saturated heterocycles. The highest BCUT2D eigenvalue weighted by molar-refractivity contribution is 5.79. The van der Waals surface area contributed by atoms with Crippen LogP contribution in [0.2, 0.25) is 0 Å². The summed E-state index contributed by atoms with van der Waals surface area (Å²) in [6.07, 6.45) is 1.49. The maximum absolute atomic E-state index is 11.1. The number of hydrogen-bond acceptors (Lipinski definition) is 3. The normalized spacial score (nSPS) is 28.9. The lowest BCUT2D eigenvalue weighted by molar-refractivity contribution is -0.149. The summed E-state index contributed by atoms with van der Waals surface area (Å²) in [5.41, 5.74) is 4.34. The molecule has 0 bridgehead atoms. The van der Waals surface area contributed by atoms with E-state index in [1.165, 1.54) is 0 Å². The Morgan fingerprint density at radius 3 is 2.67 bits per heavy atom. The second kappa shape index (κ2) is 4.18. The summed E-state index contributed by atoms with van der Waals surface area (Å²) in [5, 5.41) is 9.14. The second-order valence-electron chi connectivity index (χ2n) is 4.43. The van der Waals surface area contributed by atoms with Crippen molar-refractivity contribution in [2.24, 2.45) is 11.7 Å². The van der Waals surface area contributed by atoms with Gasteiger partial charge in [0, 0.05) is 12.5 Å². The molecule has 1 fully saturated rings. The molecule has 86 valence electrons. The number of nitrogens with two attached hydrogens (primary N) is 1. The van der Waals surface area contributed by atoms with Gasteiger partial charge in [-0.05, 0) is 26.3 Å². The third-order valence-electron chi connectivity index (χ3n) is 3.23. The van der Waals surface area contributed by atoms with Crippen molar-refractivity contribution in [1.29, 1.82) is 0 Å². The Morgan fingerprint density at radius 1 is 1.60 bits per heavy atom. The predicted molar refractivity (Wildman–Crippen MR) is 55.2 cm³/mol. The van der Waals surface area contributed by atoms with Crippen molar-refractivity contribution < 1.29 is 14.7 Å². The highest BCUT2D eigenvalue weighted by Gasteiger charge is 2.43. The van der Waals surface area contributed by atoms with Gasteiger partial charge in [-0.25, -0.2) is 0 Å². The van der Waals surface area contributed by atoms with Crippen molar-refractivity contribution in [3.63, 3.8) is 0 Å². The van der Waals surface area contributed by atoms with Gasteiger partial charge in [-0.15, -0.1) is 0 Å². The van der Waals surface area contributed by atoms with E-state index in [1.807, 2.05) is 4.90 Å². The highest BCUT2D eigenvalue weighted by atomic mass is 16.4. The maximum atomic E-state index is 11.1. The van der Waals surface area contributed by atoms with Crippen molar-refractivity contribution in [1.82, 2.24) is 4.90 Å². The van der Waals surface area contributed by atoms with Crippen LogP contribution >= 0.6 is 0 Å². The van der Waals surface area contributed by atoms with Gasteiger partial charge >= 0.3 is 5.97 Å². The molecule has 15 heavy (non-hydrogen) atoms. The molecule has 0 aromatic carbocycles. The Balaban J connectivity index is 2.69. The number of rotatable bonds is 4. The number of nitrogens with zero attached hydrogens (tertiary/aromatic N) is 1. The van der Waals surface area contributed by atoms with Crippen LogP contribution in [0.3, 0.4) is 0 Å². The molecule has 3 N–H and O–H groups in total. The molecular formula is C10H18N2O3. The van der Waals surface area contributed by atoms with E-state index in [4.69, 9.17) is 10.8 Å². The fraction of sp³-hybridized carbons (Fsp3) is 0.800. The minimum atomic E-state index is -0.830. The third-order valence-corrected chi connectivity index (χ3v) is 3.23. The van der Waals surface area contributed by atoms with Gasteiger partial charge in [0.05, 0.1) is 0 Å². The Morgan fingerprint density at radius 2 is 2.20 bits per heavy atom. The van der Waals surface area contributed by atoms with Crippen LogP contribution in [0.15, 0.2) is 0 Å². The van der Waals surface area contributed by atoms with Crippen LogP contribution in [0, 0.1) is 5.92 Å². The van der Waals surface area contributed by atoms with E-state index in [9.17, 15) is 9.59 Å². The fourth-order valence-electron chi connectivity index (χ4n) is 1.97. The minimum absolute atomic E-state index is 0.304. The summed E-state index contributed by atoms with van der Waals surface area (Å²) in [5.74, 6) is -1.51. The molecule has 1 heterocycles. The van der Waals surface area contributed by atoms with Crippen LogP contribution in [0.5, 0.6) is 0 Å². The van der Waals surface area contributed by atoms with Crippen molar-refractivity contribution in [3.8, 4) is 0 Å². The van der Waals surface area contributed by atoms with Crippen LogP contribution in [-0.4, -0.2) is 40.5 Å². The van der Waals surface area contributed by atoms with Crippen LogP contribution in [-0.2, 0) is 9.59 Å².